The van der Waals surface area contributed by atoms with E-state index in [0.717, 1.165) is 37.1 Å². The SMILES string of the molecule is C=C(Cn1cnc2c1CCCC2)[B-](F)(F)F.[K+]. The largest absolute Gasteiger partial charge is 1.00 e. The zero-order chi connectivity index (χ0) is 11.8. The number of hydrogen-bond donors (Lipinski definition) is 0. The summed E-state index contributed by atoms with van der Waals surface area (Å²) >= 11 is 0. The van der Waals surface area contributed by atoms with Crippen molar-refractivity contribution in [1.29, 1.82) is 0 Å². The standard InChI is InChI=1S/C10H13BF3N2.K/c1-8(11(12,13)14)6-16-7-15-9-4-2-3-5-10(9)16;/h7H,1-6H2;/q-1;+1. The van der Waals surface area contributed by atoms with Crippen LogP contribution in [0.1, 0.15) is 24.2 Å². The van der Waals surface area contributed by atoms with Crippen molar-refractivity contribution >= 4 is 6.98 Å². The van der Waals surface area contributed by atoms with Crippen LogP contribution in [-0.2, 0) is 19.4 Å². The van der Waals surface area contributed by atoms with Crippen molar-refractivity contribution < 1.29 is 64.3 Å². The zero-order valence-corrected chi connectivity index (χ0v) is 13.0. The molecule has 0 unspecified atom stereocenters. The minimum absolute atomic E-state index is 0. The Morgan fingerprint density at radius 2 is 2.00 bits per heavy atom. The van der Waals surface area contributed by atoms with Gasteiger partial charge in [0.25, 0.3) is 0 Å². The molecular weight excluding hydrogens is 255 g/mol. The normalized spacial score (nSPS) is 15.0. The van der Waals surface area contributed by atoms with E-state index in [4.69, 9.17) is 0 Å². The van der Waals surface area contributed by atoms with Crippen LogP contribution in [0.2, 0.25) is 0 Å². The Balaban J connectivity index is 0.00000144. The second-order valence-electron chi connectivity index (χ2n) is 4.21. The molecule has 0 atom stereocenters. The third-order valence-corrected chi connectivity index (χ3v) is 2.95. The number of halogens is 3. The van der Waals surface area contributed by atoms with Gasteiger partial charge in [-0.3, -0.25) is 0 Å². The summed E-state index contributed by atoms with van der Waals surface area (Å²) in [4.78, 5) is 4.15. The fourth-order valence-electron chi connectivity index (χ4n) is 1.99. The second-order valence-corrected chi connectivity index (χ2v) is 4.21. The van der Waals surface area contributed by atoms with Gasteiger partial charge in [-0.2, -0.15) is 0 Å². The first-order chi connectivity index (χ1) is 7.48. The van der Waals surface area contributed by atoms with Crippen molar-refractivity contribution in [3.8, 4) is 0 Å². The third-order valence-electron chi connectivity index (χ3n) is 2.95. The number of imidazole rings is 1. The van der Waals surface area contributed by atoms with Gasteiger partial charge in [-0.15, -0.1) is 12.1 Å². The molecule has 0 spiro atoms. The summed E-state index contributed by atoms with van der Waals surface area (Å²) in [6.07, 6.45) is 5.32. The minimum Gasteiger partial charge on any atom is -0.445 e. The van der Waals surface area contributed by atoms with Crippen molar-refractivity contribution in [2.75, 3.05) is 0 Å². The molecule has 17 heavy (non-hydrogen) atoms. The summed E-state index contributed by atoms with van der Waals surface area (Å²) in [5.41, 5.74) is 1.24. The maximum Gasteiger partial charge on any atom is 1.00 e. The molecule has 2 nitrogen and oxygen atoms in total. The number of allylic oxidation sites excluding steroid dienone is 1. The predicted molar refractivity (Wildman–Crippen MR) is 57.1 cm³/mol. The average Bonchev–Trinajstić information content (AvgIpc) is 2.61. The van der Waals surface area contributed by atoms with Crippen molar-refractivity contribution in [2.24, 2.45) is 0 Å². The van der Waals surface area contributed by atoms with Crippen LogP contribution in [0.3, 0.4) is 0 Å². The van der Waals surface area contributed by atoms with Crippen LogP contribution in [0.15, 0.2) is 18.4 Å². The van der Waals surface area contributed by atoms with Crippen LogP contribution in [-0.4, -0.2) is 16.5 Å². The molecule has 7 heteroatoms. The van der Waals surface area contributed by atoms with Crippen LogP contribution in [0.5, 0.6) is 0 Å². The molecule has 0 aliphatic heterocycles. The van der Waals surface area contributed by atoms with Gasteiger partial charge in [0.1, 0.15) is 0 Å². The van der Waals surface area contributed by atoms with Crippen molar-refractivity contribution in [2.45, 2.75) is 32.2 Å². The van der Waals surface area contributed by atoms with Gasteiger partial charge in [0.2, 0.25) is 0 Å². The molecule has 2 rings (SSSR count). The van der Waals surface area contributed by atoms with Gasteiger partial charge in [0.05, 0.1) is 12.0 Å². The van der Waals surface area contributed by atoms with Crippen molar-refractivity contribution in [3.63, 3.8) is 0 Å². The van der Waals surface area contributed by atoms with E-state index in [9.17, 15) is 12.9 Å². The monoisotopic (exact) mass is 268 g/mol. The van der Waals surface area contributed by atoms with Crippen LogP contribution in [0.25, 0.3) is 0 Å². The zero-order valence-electron chi connectivity index (χ0n) is 9.93. The summed E-state index contributed by atoms with van der Waals surface area (Å²) < 4.78 is 38.8. The van der Waals surface area contributed by atoms with Gasteiger partial charge in [-0.1, -0.05) is 0 Å². The Kier molecular flexibility index (Phi) is 5.52. The minimum atomic E-state index is -4.94. The topological polar surface area (TPSA) is 17.8 Å². The van der Waals surface area contributed by atoms with Crippen LogP contribution < -0.4 is 51.4 Å². The molecule has 1 aliphatic rings. The van der Waals surface area contributed by atoms with Crippen molar-refractivity contribution in [1.82, 2.24) is 9.55 Å². The number of aromatic nitrogens is 2. The van der Waals surface area contributed by atoms with E-state index < -0.39 is 12.4 Å². The number of nitrogens with zero attached hydrogens (tertiary/aromatic N) is 2. The van der Waals surface area contributed by atoms with Crippen LogP contribution in [0, 0.1) is 0 Å². The van der Waals surface area contributed by atoms with E-state index in [1.165, 1.54) is 6.33 Å². The third kappa shape index (κ3) is 3.70. The van der Waals surface area contributed by atoms with Gasteiger partial charge in [-0.05, 0) is 25.7 Å². The molecule has 0 radical (unpaired) electrons. The van der Waals surface area contributed by atoms with E-state index in [1.807, 2.05) is 0 Å². The van der Waals surface area contributed by atoms with Gasteiger partial charge in [0.15, 0.2) is 0 Å². The maximum atomic E-state index is 12.4. The molecule has 0 amide bonds. The van der Waals surface area contributed by atoms with E-state index >= 15 is 0 Å². The Bertz CT molecular complexity index is 414. The van der Waals surface area contributed by atoms with E-state index in [2.05, 4.69) is 11.6 Å². The van der Waals surface area contributed by atoms with Crippen LogP contribution >= 0.6 is 0 Å². The van der Waals surface area contributed by atoms with E-state index in [0.29, 0.717) is 0 Å². The molecule has 0 aromatic carbocycles. The summed E-state index contributed by atoms with van der Waals surface area (Å²) in [6.45, 7) is -2.01. The van der Waals surface area contributed by atoms with Gasteiger partial charge in [0, 0.05) is 12.2 Å². The number of fused-ring (bicyclic) bond motifs is 1. The summed E-state index contributed by atoms with van der Waals surface area (Å²) in [7, 11) is 0. The first-order valence-corrected chi connectivity index (χ1v) is 5.39. The van der Waals surface area contributed by atoms with Gasteiger partial charge < -0.3 is 17.5 Å². The second kappa shape index (κ2) is 6.06. The number of hydrogen-bond acceptors (Lipinski definition) is 1. The molecule has 88 valence electrons. The first kappa shape index (κ1) is 15.5. The smallest absolute Gasteiger partial charge is 0.445 e. The molecule has 0 fully saturated rings. The Labute approximate surface area is 141 Å². The fourth-order valence-corrected chi connectivity index (χ4v) is 1.99. The van der Waals surface area contributed by atoms with Gasteiger partial charge >= 0.3 is 58.4 Å². The Hall–Kier alpha value is 0.441. The first-order valence-electron chi connectivity index (χ1n) is 5.39. The average molecular weight is 268 g/mol. The van der Waals surface area contributed by atoms with Crippen molar-refractivity contribution in [3.05, 3.63) is 29.8 Å². The molecule has 0 saturated heterocycles. The van der Waals surface area contributed by atoms with Gasteiger partial charge in [-0.25, -0.2) is 4.98 Å². The number of rotatable bonds is 3. The van der Waals surface area contributed by atoms with E-state index in [-0.39, 0.29) is 57.9 Å². The molecule has 0 saturated carbocycles. The molecule has 1 heterocycles. The summed E-state index contributed by atoms with van der Waals surface area (Å²) in [5, 5.41) is 0. The summed E-state index contributed by atoms with van der Waals surface area (Å²) in [5.74, 6) is 0. The Morgan fingerprint density at radius 3 is 2.65 bits per heavy atom. The Morgan fingerprint density at radius 1 is 1.35 bits per heavy atom. The molecule has 0 bridgehead atoms. The van der Waals surface area contributed by atoms with E-state index in [1.54, 1.807) is 4.57 Å². The summed E-state index contributed by atoms with van der Waals surface area (Å²) in [6, 6.07) is 0. The molecule has 0 N–H and O–H groups in total. The quantitative estimate of drug-likeness (QED) is 0.689. The fraction of sp³-hybridized carbons (Fsp3) is 0.500. The molecular formula is C10H13BF3KN2. The predicted octanol–water partition coefficient (Wildman–Crippen LogP) is -0.291. The maximum absolute atomic E-state index is 12.4. The van der Waals surface area contributed by atoms with Crippen LogP contribution in [0.4, 0.5) is 12.9 Å². The molecule has 1 aromatic rings. The molecule has 1 aliphatic carbocycles. The molecule has 1 aromatic heterocycles. The number of aryl methyl sites for hydroxylation is 1.